The molecule has 1 saturated heterocycles. The Morgan fingerprint density at radius 1 is 0.860 bits per heavy atom. The van der Waals surface area contributed by atoms with E-state index in [4.69, 9.17) is 9.47 Å². The van der Waals surface area contributed by atoms with Gasteiger partial charge in [0.05, 0.1) is 50.0 Å². The van der Waals surface area contributed by atoms with Crippen molar-refractivity contribution in [1.82, 2.24) is 0 Å². The summed E-state index contributed by atoms with van der Waals surface area (Å²) >= 11 is 0. The minimum Gasteiger partial charge on any atom is -0.372 e. The molecule has 0 spiro atoms. The summed E-state index contributed by atoms with van der Waals surface area (Å²) in [7, 11) is 1.40. The van der Waals surface area contributed by atoms with Crippen molar-refractivity contribution >= 4 is 34.1 Å². The summed E-state index contributed by atoms with van der Waals surface area (Å²) in [6, 6.07) is 15.1. The lowest BCUT2D eigenvalue weighted by Crippen LogP contribution is -2.48. The molecule has 226 valence electrons. The number of rotatable bonds is 12. The van der Waals surface area contributed by atoms with Crippen molar-refractivity contribution in [2.45, 2.75) is 44.2 Å². The minimum absolute atomic E-state index is 0.0607. The van der Waals surface area contributed by atoms with E-state index >= 15 is 0 Å². The molecule has 1 aliphatic heterocycles. The van der Waals surface area contributed by atoms with Crippen LogP contribution < -0.4 is 10.2 Å². The molecule has 1 aliphatic rings. The highest BCUT2D eigenvalue weighted by molar-refractivity contribution is 5.68. The van der Waals surface area contributed by atoms with E-state index in [1.54, 1.807) is 4.90 Å². The van der Waals surface area contributed by atoms with Gasteiger partial charge in [-0.25, -0.2) is 0 Å². The molecule has 4 rings (SSSR count). The molecule has 0 aliphatic carbocycles. The van der Waals surface area contributed by atoms with E-state index in [0.29, 0.717) is 12.8 Å². The van der Waals surface area contributed by atoms with Crippen LogP contribution in [0.5, 0.6) is 0 Å². The van der Waals surface area contributed by atoms with E-state index < -0.39 is 66.9 Å². The molecule has 3 aromatic rings. The second-order valence-corrected chi connectivity index (χ2v) is 9.83. The molecular formula is C27H28N6O10. The fraction of sp³-hybridized carbons (Fsp3) is 0.333. The average Bonchev–Trinajstić information content (AvgIpc) is 3.00. The van der Waals surface area contributed by atoms with Crippen LogP contribution >= 0.6 is 0 Å². The van der Waals surface area contributed by atoms with E-state index in [0.717, 1.165) is 23.8 Å². The lowest BCUT2D eigenvalue weighted by molar-refractivity contribution is -0.393. The van der Waals surface area contributed by atoms with Crippen molar-refractivity contribution in [2.24, 2.45) is 0 Å². The molecule has 0 amide bonds. The number of ether oxygens (including phenoxy) is 2. The monoisotopic (exact) mass is 596 g/mol. The normalized spacial score (nSPS) is 18.8. The number of non-ortho nitro benzene ring substituents is 2. The quantitative estimate of drug-likeness (QED) is 0.203. The molecular weight excluding hydrogens is 568 g/mol. The molecule has 0 radical (unpaired) electrons. The molecule has 1 N–H and O–H groups in total. The standard InChI is InChI=1S/C27H28N6O10/c1-17(18-6-4-3-5-7-18)29(24-13-9-20(31(36)37)15-26(24)33(40)41)16-21-10-12-23(27(42-2)43-21)28-22-11-8-19(30(34)35)14-25(22)32(38)39/h3-9,11,13-15,17,21,23,27-28H,10,12,16H2,1-2H3/t17-,21+,23-,27+/m1/s1. The van der Waals surface area contributed by atoms with E-state index in [1.807, 2.05) is 37.3 Å². The van der Waals surface area contributed by atoms with Gasteiger partial charge >= 0.3 is 0 Å². The van der Waals surface area contributed by atoms with E-state index in [2.05, 4.69) is 5.32 Å². The zero-order chi connectivity index (χ0) is 31.3. The number of nitro benzene ring substituents is 4. The number of anilines is 2. The number of nitro groups is 4. The number of nitrogens with one attached hydrogen (secondary N) is 1. The lowest BCUT2D eigenvalue weighted by Gasteiger charge is -2.40. The molecule has 1 heterocycles. The van der Waals surface area contributed by atoms with Gasteiger partial charge in [-0.15, -0.1) is 0 Å². The SMILES string of the molecule is CO[C@H]1O[C@H](CN(c2ccc([N+](=O)[O-])cc2[N+](=O)[O-])[C@H](C)c2ccccc2)CC[C@H]1Nc1ccc([N+](=O)[O-])cc1[N+](=O)[O-]. The van der Waals surface area contributed by atoms with Crippen LogP contribution in [0.4, 0.5) is 34.1 Å². The lowest BCUT2D eigenvalue weighted by atomic mass is 10.00. The first kappa shape index (κ1) is 30.7. The molecule has 3 aromatic carbocycles. The Bertz CT molecular complexity index is 1520. The maximum Gasteiger partial charge on any atom is 0.299 e. The first-order chi connectivity index (χ1) is 20.5. The number of hydrogen-bond acceptors (Lipinski definition) is 12. The van der Waals surface area contributed by atoms with Crippen LogP contribution in [0.25, 0.3) is 0 Å². The van der Waals surface area contributed by atoms with E-state index in [9.17, 15) is 40.5 Å². The first-order valence-electron chi connectivity index (χ1n) is 13.1. The van der Waals surface area contributed by atoms with Gasteiger partial charge in [-0.3, -0.25) is 40.5 Å². The predicted octanol–water partition coefficient (Wildman–Crippen LogP) is 5.52. The molecule has 0 unspecified atom stereocenters. The summed E-state index contributed by atoms with van der Waals surface area (Å²) in [6.07, 6.45) is -0.588. The second-order valence-electron chi connectivity index (χ2n) is 9.83. The van der Waals surface area contributed by atoms with Gasteiger partial charge in [0.1, 0.15) is 11.4 Å². The van der Waals surface area contributed by atoms with Crippen LogP contribution in [-0.2, 0) is 9.47 Å². The van der Waals surface area contributed by atoms with Gasteiger partial charge in [-0.1, -0.05) is 30.3 Å². The molecule has 0 saturated carbocycles. The van der Waals surface area contributed by atoms with Crippen LogP contribution in [0, 0.1) is 40.5 Å². The van der Waals surface area contributed by atoms with E-state index in [1.165, 1.54) is 25.3 Å². The molecule has 16 nitrogen and oxygen atoms in total. The topological polar surface area (TPSA) is 206 Å². The minimum atomic E-state index is -0.894. The molecule has 0 bridgehead atoms. The van der Waals surface area contributed by atoms with Crippen LogP contribution in [0.15, 0.2) is 66.7 Å². The third-order valence-corrected chi connectivity index (χ3v) is 7.24. The van der Waals surface area contributed by atoms with Crippen LogP contribution in [0.3, 0.4) is 0 Å². The van der Waals surface area contributed by atoms with Gasteiger partial charge in [-0.2, -0.15) is 0 Å². The summed E-state index contributed by atoms with van der Waals surface area (Å²) in [6.45, 7) is 2.01. The highest BCUT2D eigenvalue weighted by atomic mass is 16.7. The number of methoxy groups -OCH3 is 1. The zero-order valence-electron chi connectivity index (χ0n) is 23.1. The summed E-state index contributed by atoms with van der Waals surface area (Å²) in [4.78, 5) is 45.0. The summed E-state index contributed by atoms with van der Waals surface area (Å²) in [5.41, 5.74) is -0.657. The maximum atomic E-state index is 12.0. The predicted molar refractivity (Wildman–Crippen MR) is 154 cm³/mol. The van der Waals surface area contributed by atoms with Gasteiger partial charge in [0.15, 0.2) is 6.29 Å². The third-order valence-electron chi connectivity index (χ3n) is 7.24. The Balaban J connectivity index is 1.61. The van der Waals surface area contributed by atoms with Crippen molar-refractivity contribution in [2.75, 3.05) is 23.9 Å². The Hall–Kier alpha value is -5.22. The molecule has 43 heavy (non-hydrogen) atoms. The van der Waals surface area contributed by atoms with Gasteiger partial charge in [0.2, 0.25) is 0 Å². The number of nitrogens with zero attached hydrogens (tertiary/aromatic N) is 5. The number of hydrogen-bond donors (Lipinski definition) is 1. The number of benzene rings is 3. The van der Waals surface area contributed by atoms with Crippen molar-refractivity contribution in [3.05, 3.63) is 113 Å². The Kier molecular flexibility index (Phi) is 9.42. The fourth-order valence-corrected chi connectivity index (χ4v) is 5.07. The highest BCUT2D eigenvalue weighted by Gasteiger charge is 2.36. The van der Waals surface area contributed by atoms with Gasteiger partial charge in [0.25, 0.3) is 22.7 Å². The van der Waals surface area contributed by atoms with Crippen LogP contribution in [0.1, 0.15) is 31.4 Å². The Morgan fingerprint density at radius 3 is 2.05 bits per heavy atom. The van der Waals surface area contributed by atoms with Gasteiger partial charge in [0, 0.05) is 25.8 Å². The maximum absolute atomic E-state index is 12.0. The van der Waals surface area contributed by atoms with Crippen molar-refractivity contribution in [1.29, 1.82) is 0 Å². The largest absolute Gasteiger partial charge is 0.372 e. The molecule has 4 atom stereocenters. The van der Waals surface area contributed by atoms with Crippen molar-refractivity contribution in [3.8, 4) is 0 Å². The fourth-order valence-electron chi connectivity index (χ4n) is 5.07. The molecule has 16 heteroatoms. The van der Waals surface area contributed by atoms with Crippen molar-refractivity contribution in [3.63, 3.8) is 0 Å². The summed E-state index contributed by atoms with van der Waals surface area (Å²) in [5.74, 6) is 0. The van der Waals surface area contributed by atoms with E-state index in [-0.39, 0.29) is 17.9 Å². The summed E-state index contributed by atoms with van der Waals surface area (Å²) in [5, 5.41) is 49.0. The smallest absolute Gasteiger partial charge is 0.299 e. The van der Waals surface area contributed by atoms with Gasteiger partial charge < -0.3 is 19.7 Å². The first-order valence-corrected chi connectivity index (χ1v) is 13.1. The Labute approximate surface area is 244 Å². The van der Waals surface area contributed by atoms with Crippen molar-refractivity contribution < 1.29 is 29.2 Å². The zero-order valence-corrected chi connectivity index (χ0v) is 23.1. The third kappa shape index (κ3) is 6.99. The Morgan fingerprint density at radius 2 is 1.47 bits per heavy atom. The molecule has 1 fully saturated rings. The van der Waals surface area contributed by atoms with Crippen LogP contribution in [0.2, 0.25) is 0 Å². The molecule has 0 aromatic heterocycles. The van der Waals surface area contributed by atoms with Crippen LogP contribution in [-0.4, -0.2) is 51.8 Å². The second kappa shape index (κ2) is 13.2. The average molecular weight is 597 g/mol. The highest BCUT2D eigenvalue weighted by Crippen LogP contribution is 2.38. The summed E-state index contributed by atoms with van der Waals surface area (Å²) < 4.78 is 11.7. The van der Waals surface area contributed by atoms with Gasteiger partial charge in [-0.05, 0) is 37.5 Å².